The molecule has 0 fully saturated rings. The van der Waals surface area contributed by atoms with Crippen LogP contribution in [0.3, 0.4) is 0 Å². The molecule has 0 amide bonds. The predicted octanol–water partition coefficient (Wildman–Crippen LogP) is 3.65. The maximum absolute atomic E-state index is 4.62. The van der Waals surface area contributed by atoms with Crippen LogP contribution in [0.15, 0.2) is 67.4 Å². The van der Waals surface area contributed by atoms with Gasteiger partial charge in [0, 0.05) is 55.6 Å². The van der Waals surface area contributed by atoms with E-state index < -0.39 is 0 Å². The Balaban J connectivity index is 1.80. The van der Waals surface area contributed by atoms with Gasteiger partial charge in [0.2, 0.25) is 0 Å². The highest BCUT2D eigenvalue weighted by Gasteiger charge is 2.09. The number of pyridine rings is 3. The Morgan fingerprint density at radius 1 is 0.885 bits per heavy atom. The molecule has 0 radical (unpaired) electrons. The molecule has 0 saturated carbocycles. The van der Waals surface area contributed by atoms with Gasteiger partial charge in [-0.2, -0.15) is 5.10 Å². The molecule has 0 unspecified atom stereocenters. The first-order valence-corrected chi connectivity index (χ1v) is 8.28. The van der Waals surface area contributed by atoms with Crippen LogP contribution < -0.4 is 5.32 Å². The van der Waals surface area contributed by atoms with Crippen molar-refractivity contribution in [3.63, 3.8) is 0 Å². The third kappa shape index (κ3) is 3.17. The molecule has 0 spiro atoms. The van der Waals surface area contributed by atoms with Crippen LogP contribution in [0.5, 0.6) is 0 Å². The van der Waals surface area contributed by atoms with Gasteiger partial charge in [0.25, 0.3) is 0 Å². The average Bonchev–Trinajstić information content (AvgIpc) is 3.15. The Kier molecular flexibility index (Phi) is 4.15. The maximum Gasteiger partial charge on any atom is 0.127 e. The van der Waals surface area contributed by atoms with E-state index in [1.54, 1.807) is 10.9 Å². The minimum absolute atomic E-state index is 0.787. The lowest BCUT2D eigenvalue weighted by atomic mass is 10.0. The van der Waals surface area contributed by atoms with Gasteiger partial charge in [0.15, 0.2) is 0 Å². The van der Waals surface area contributed by atoms with Crippen molar-refractivity contribution in [2.45, 2.75) is 0 Å². The fraction of sp³-hybridized carbons (Fsp3) is 0.100. The minimum Gasteiger partial charge on any atom is -0.373 e. The molecular weight excluding hydrogens is 324 g/mol. The topological polar surface area (TPSA) is 68.5 Å². The second kappa shape index (κ2) is 6.76. The van der Waals surface area contributed by atoms with Crippen molar-refractivity contribution in [2.24, 2.45) is 7.05 Å². The summed E-state index contributed by atoms with van der Waals surface area (Å²) in [6, 6.07) is 12.0. The van der Waals surface area contributed by atoms with Crippen molar-refractivity contribution in [3.05, 3.63) is 67.4 Å². The first-order chi connectivity index (χ1) is 12.7. The zero-order valence-corrected chi connectivity index (χ0v) is 14.6. The molecule has 0 aliphatic carbocycles. The molecule has 0 aliphatic rings. The van der Waals surface area contributed by atoms with Gasteiger partial charge >= 0.3 is 0 Å². The number of hydrogen-bond donors (Lipinski definition) is 1. The number of hydrogen-bond acceptors (Lipinski definition) is 5. The van der Waals surface area contributed by atoms with Gasteiger partial charge in [-0.3, -0.25) is 14.6 Å². The van der Waals surface area contributed by atoms with Crippen LogP contribution in [0.25, 0.3) is 33.6 Å². The monoisotopic (exact) mass is 342 g/mol. The molecule has 4 heterocycles. The zero-order chi connectivity index (χ0) is 17.9. The van der Waals surface area contributed by atoms with Crippen LogP contribution in [0.1, 0.15) is 0 Å². The van der Waals surface area contributed by atoms with E-state index >= 15 is 0 Å². The Bertz CT molecular complexity index is 1040. The molecule has 128 valence electrons. The molecule has 0 saturated heterocycles. The summed E-state index contributed by atoms with van der Waals surface area (Å²) >= 11 is 0. The lowest BCUT2D eigenvalue weighted by Crippen LogP contribution is -1.96. The lowest BCUT2D eigenvalue weighted by molar-refractivity contribution is 0.768. The number of nitrogens with zero attached hydrogens (tertiary/aromatic N) is 5. The Hall–Kier alpha value is -3.54. The summed E-state index contributed by atoms with van der Waals surface area (Å²) < 4.78 is 1.78. The molecule has 0 aromatic carbocycles. The Labute approximate surface area is 151 Å². The number of nitrogens with one attached hydrogen (secondary N) is 1. The van der Waals surface area contributed by atoms with E-state index in [2.05, 4.69) is 31.4 Å². The molecular formula is C20H18N6. The molecule has 26 heavy (non-hydrogen) atoms. The van der Waals surface area contributed by atoms with Gasteiger partial charge in [0.1, 0.15) is 5.82 Å². The van der Waals surface area contributed by atoms with Gasteiger partial charge in [0.05, 0.1) is 17.6 Å². The minimum atomic E-state index is 0.787. The summed E-state index contributed by atoms with van der Waals surface area (Å²) in [6.07, 6.45) is 9.29. The van der Waals surface area contributed by atoms with Gasteiger partial charge in [-0.1, -0.05) is 6.07 Å². The van der Waals surface area contributed by atoms with E-state index in [1.807, 2.05) is 69.2 Å². The van der Waals surface area contributed by atoms with Gasteiger partial charge in [-0.25, -0.2) is 4.98 Å². The van der Waals surface area contributed by atoms with E-state index in [-0.39, 0.29) is 0 Å². The smallest absolute Gasteiger partial charge is 0.127 e. The first-order valence-electron chi connectivity index (χ1n) is 8.28. The molecule has 6 nitrogen and oxygen atoms in total. The number of anilines is 1. The van der Waals surface area contributed by atoms with Crippen molar-refractivity contribution in [3.8, 4) is 33.6 Å². The largest absolute Gasteiger partial charge is 0.373 e. The first kappa shape index (κ1) is 16.0. The average molecular weight is 342 g/mol. The van der Waals surface area contributed by atoms with Gasteiger partial charge in [-0.05, 0) is 35.9 Å². The summed E-state index contributed by atoms with van der Waals surface area (Å²) in [7, 11) is 3.76. The van der Waals surface area contributed by atoms with E-state index in [0.717, 1.165) is 39.5 Å². The third-order valence-electron chi connectivity index (χ3n) is 4.12. The molecule has 0 atom stereocenters. The third-order valence-corrected chi connectivity index (χ3v) is 4.12. The highest BCUT2D eigenvalue weighted by molar-refractivity contribution is 5.75. The van der Waals surface area contributed by atoms with Crippen molar-refractivity contribution in [2.75, 3.05) is 12.4 Å². The van der Waals surface area contributed by atoms with Crippen LogP contribution in [0, 0.1) is 0 Å². The van der Waals surface area contributed by atoms with Crippen LogP contribution in [0.4, 0.5) is 5.82 Å². The van der Waals surface area contributed by atoms with E-state index in [4.69, 9.17) is 0 Å². The Morgan fingerprint density at radius 2 is 1.73 bits per heavy atom. The van der Waals surface area contributed by atoms with E-state index in [0.29, 0.717) is 0 Å². The summed E-state index contributed by atoms with van der Waals surface area (Å²) in [5, 5.41) is 7.36. The molecule has 4 aromatic rings. The van der Waals surface area contributed by atoms with E-state index in [9.17, 15) is 0 Å². The molecule has 4 rings (SSSR count). The highest BCUT2D eigenvalue weighted by Crippen LogP contribution is 2.29. The molecule has 0 bridgehead atoms. The maximum atomic E-state index is 4.62. The van der Waals surface area contributed by atoms with Crippen molar-refractivity contribution >= 4 is 5.82 Å². The molecule has 4 aromatic heterocycles. The molecule has 6 heteroatoms. The van der Waals surface area contributed by atoms with Gasteiger partial charge < -0.3 is 5.32 Å². The normalized spacial score (nSPS) is 10.7. The number of rotatable bonds is 4. The summed E-state index contributed by atoms with van der Waals surface area (Å²) in [5.74, 6) is 0.787. The summed E-state index contributed by atoms with van der Waals surface area (Å²) in [5.41, 5.74) is 5.76. The number of aryl methyl sites for hydroxylation is 1. The SMILES string of the molecule is CNc1cc(-c2cncc(-c3cnn(C)c3)c2)cc(-c2ccccn2)n1. The number of aromatic nitrogens is 5. The second-order valence-electron chi connectivity index (χ2n) is 5.96. The fourth-order valence-electron chi connectivity index (χ4n) is 2.80. The fourth-order valence-corrected chi connectivity index (χ4v) is 2.80. The summed E-state index contributed by atoms with van der Waals surface area (Å²) in [4.78, 5) is 13.4. The molecule has 0 aliphatic heterocycles. The van der Waals surface area contributed by atoms with Crippen molar-refractivity contribution in [1.29, 1.82) is 0 Å². The quantitative estimate of drug-likeness (QED) is 0.613. The van der Waals surface area contributed by atoms with Crippen molar-refractivity contribution < 1.29 is 0 Å². The zero-order valence-electron chi connectivity index (χ0n) is 14.6. The summed E-state index contributed by atoms with van der Waals surface area (Å²) in [6.45, 7) is 0. The van der Waals surface area contributed by atoms with E-state index in [1.165, 1.54) is 0 Å². The van der Waals surface area contributed by atoms with Crippen LogP contribution in [-0.4, -0.2) is 31.8 Å². The molecule has 1 N–H and O–H groups in total. The standard InChI is InChI=1S/C20H18N6/c1-21-20-9-14(8-19(25-20)18-5-3-4-6-23-18)15-7-16(11-22-10-15)17-12-24-26(2)13-17/h3-13H,1-2H3,(H,21,25). The van der Waals surface area contributed by atoms with Crippen LogP contribution >= 0.6 is 0 Å². The Morgan fingerprint density at radius 3 is 2.42 bits per heavy atom. The van der Waals surface area contributed by atoms with Crippen LogP contribution in [0.2, 0.25) is 0 Å². The van der Waals surface area contributed by atoms with Crippen molar-refractivity contribution in [1.82, 2.24) is 24.7 Å². The van der Waals surface area contributed by atoms with Crippen LogP contribution in [-0.2, 0) is 7.05 Å². The second-order valence-corrected chi connectivity index (χ2v) is 5.96. The van der Waals surface area contributed by atoms with Gasteiger partial charge in [-0.15, -0.1) is 0 Å². The lowest BCUT2D eigenvalue weighted by Gasteiger charge is -2.09. The highest BCUT2D eigenvalue weighted by atomic mass is 15.2. The predicted molar refractivity (Wildman–Crippen MR) is 102 cm³/mol.